The zero-order valence-electron chi connectivity index (χ0n) is 12.1. The van der Waals surface area contributed by atoms with E-state index in [2.05, 4.69) is 0 Å². The third-order valence-electron chi connectivity index (χ3n) is 3.79. The summed E-state index contributed by atoms with van der Waals surface area (Å²) in [6.45, 7) is 3.41. The van der Waals surface area contributed by atoms with Crippen LogP contribution in [0.5, 0.6) is 0 Å². The number of aryl methyl sites for hydroxylation is 1. The molecule has 1 aliphatic rings. The molecular formula is C15H22N2O3. The van der Waals surface area contributed by atoms with Crippen LogP contribution >= 0.6 is 0 Å². The van der Waals surface area contributed by atoms with E-state index in [0.717, 1.165) is 37.2 Å². The van der Waals surface area contributed by atoms with Crippen molar-refractivity contribution in [3.05, 3.63) is 23.3 Å². The third-order valence-corrected chi connectivity index (χ3v) is 3.79. The van der Waals surface area contributed by atoms with Crippen LogP contribution in [0.25, 0.3) is 0 Å². The first-order chi connectivity index (χ1) is 9.49. The molecule has 1 aromatic rings. The number of hydrogen-bond acceptors (Lipinski definition) is 4. The quantitative estimate of drug-likeness (QED) is 0.826. The number of carboxylic acid groups (broad SMARTS) is 1. The average Bonchev–Trinajstić information content (AvgIpc) is 2.42. The van der Waals surface area contributed by atoms with Gasteiger partial charge < -0.3 is 20.5 Å². The summed E-state index contributed by atoms with van der Waals surface area (Å²) in [5.74, 6) is -0.991. The summed E-state index contributed by atoms with van der Waals surface area (Å²) in [5, 5.41) is 9.19. The Kier molecular flexibility index (Phi) is 4.49. The monoisotopic (exact) mass is 278 g/mol. The Morgan fingerprint density at radius 1 is 1.50 bits per heavy atom. The van der Waals surface area contributed by atoms with Gasteiger partial charge in [0.25, 0.3) is 0 Å². The van der Waals surface area contributed by atoms with E-state index in [4.69, 9.17) is 10.5 Å². The molecule has 3 N–H and O–H groups in total. The Balaban J connectivity index is 2.16. The van der Waals surface area contributed by atoms with Crippen LogP contribution in [0.3, 0.4) is 0 Å². The molecule has 0 bridgehead atoms. The number of hydrogen-bond donors (Lipinski definition) is 2. The van der Waals surface area contributed by atoms with Crippen molar-refractivity contribution in [3.63, 3.8) is 0 Å². The van der Waals surface area contributed by atoms with Gasteiger partial charge in [0, 0.05) is 31.6 Å². The van der Waals surface area contributed by atoms with Crippen LogP contribution in [0.2, 0.25) is 0 Å². The number of carbonyl (C=O) groups is 1. The number of rotatable bonds is 4. The molecule has 0 aromatic heterocycles. The maximum atomic E-state index is 11.2. The fraction of sp³-hybridized carbons (Fsp3) is 0.533. The zero-order valence-corrected chi connectivity index (χ0v) is 12.1. The zero-order chi connectivity index (χ0) is 14.7. The summed E-state index contributed by atoms with van der Waals surface area (Å²) in [6.07, 6.45) is 3.61. The van der Waals surface area contributed by atoms with Gasteiger partial charge in [-0.1, -0.05) is 0 Å². The van der Waals surface area contributed by atoms with E-state index in [1.807, 2.05) is 24.9 Å². The molecule has 1 unspecified atom stereocenters. The van der Waals surface area contributed by atoms with Gasteiger partial charge in [-0.05, 0) is 43.9 Å². The van der Waals surface area contributed by atoms with E-state index in [1.165, 1.54) is 6.42 Å². The summed E-state index contributed by atoms with van der Waals surface area (Å²) in [4.78, 5) is 13.3. The molecule has 5 heteroatoms. The number of ether oxygens (including phenoxy) is 1. The number of anilines is 2. The molecule has 2 rings (SSSR count). The van der Waals surface area contributed by atoms with Gasteiger partial charge in [0.1, 0.15) is 0 Å². The molecule has 1 atom stereocenters. The van der Waals surface area contributed by atoms with E-state index in [-0.39, 0.29) is 11.7 Å². The average molecular weight is 278 g/mol. The smallest absolute Gasteiger partial charge is 0.337 e. The Morgan fingerprint density at radius 3 is 2.85 bits per heavy atom. The minimum Gasteiger partial charge on any atom is -0.478 e. The highest BCUT2D eigenvalue weighted by Gasteiger charge is 2.18. The highest BCUT2D eigenvalue weighted by molar-refractivity contribution is 5.95. The number of benzene rings is 1. The third kappa shape index (κ3) is 3.22. The standard InChI is InChI=1S/C15H22N2O3/c1-10-7-11(8-13(14(10)16)15(18)19)17(2)9-12-5-3-4-6-20-12/h7-8,12H,3-6,9,16H2,1-2H3,(H,18,19). The lowest BCUT2D eigenvalue weighted by Gasteiger charge is -2.29. The van der Waals surface area contributed by atoms with E-state index < -0.39 is 5.97 Å². The molecule has 0 aliphatic carbocycles. The summed E-state index contributed by atoms with van der Waals surface area (Å²) < 4.78 is 5.72. The number of carboxylic acids is 1. The number of likely N-dealkylation sites (N-methyl/N-ethyl adjacent to an activating group) is 1. The normalized spacial score (nSPS) is 18.8. The van der Waals surface area contributed by atoms with Gasteiger partial charge in [0.15, 0.2) is 0 Å². The molecule has 0 radical (unpaired) electrons. The number of nitrogens with two attached hydrogens (primary N) is 1. The molecule has 20 heavy (non-hydrogen) atoms. The van der Waals surface area contributed by atoms with Crippen LogP contribution in [-0.2, 0) is 4.74 Å². The Bertz CT molecular complexity index is 496. The lowest BCUT2D eigenvalue weighted by molar-refractivity contribution is 0.0216. The van der Waals surface area contributed by atoms with E-state index >= 15 is 0 Å². The molecule has 0 amide bonds. The van der Waals surface area contributed by atoms with E-state index in [1.54, 1.807) is 6.07 Å². The molecule has 1 fully saturated rings. The van der Waals surface area contributed by atoms with Crippen molar-refractivity contribution < 1.29 is 14.6 Å². The van der Waals surface area contributed by atoms with Gasteiger partial charge in [0.05, 0.1) is 11.7 Å². The Labute approximate surface area is 119 Å². The van der Waals surface area contributed by atoms with Crippen molar-refractivity contribution >= 4 is 17.3 Å². The second-order valence-corrected chi connectivity index (χ2v) is 5.40. The lowest BCUT2D eigenvalue weighted by Crippen LogP contribution is -2.33. The van der Waals surface area contributed by atoms with Crippen molar-refractivity contribution in [2.45, 2.75) is 32.3 Å². The second-order valence-electron chi connectivity index (χ2n) is 5.40. The fourth-order valence-electron chi connectivity index (χ4n) is 2.54. The first kappa shape index (κ1) is 14.7. The number of nitrogens with zero attached hydrogens (tertiary/aromatic N) is 1. The van der Waals surface area contributed by atoms with Gasteiger partial charge in [-0.2, -0.15) is 0 Å². The van der Waals surface area contributed by atoms with Crippen molar-refractivity contribution in [1.29, 1.82) is 0 Å². The van der Waals surface area contributed by atoms with Crippen molar-refractivity contribution in [2.24, 2.45) is 0 Å². The summed E-state index contributed by atoms with van der Waals surface area (Å²) in [5.41, 5.74) is 7.97. The van der Waals surface area contributed by atoms with Crippen LogP contribution in [0.1, 0.15) is 35.2 Å². The Morgan fingerprint density at radius 2 is 2.25 bits per heavy atom. The number of aromatic carboxylic acids is 1. The van der Waals surface area contributed by atoms with E-state index in [0.29, 0.717) is 5.69 Å². The van der Waals surface area contributed by atoms with Crippen molar-refractivity contribution in [2.75, 3.05) is 30.8 Å². The molecule has 1 aliphatic heterocycles. The van der Waals surface area contributed by atoms with Crippen molar-refractivity contribution in [3.8, 4) is 0 Å². The summed E-state index contributed by atoms with van der Waals surface area (Å²) in [6, 6.07) is 3.55. The second kappa shape index (κ2) is 6.13. The molecule has 5 nitrogen and oxygen atoms in total. The van der Waals surface area contributed by atoms with Gasteiger partial charge in [-0.15, -0.1) is 0 Å². The number of nitrogen functional groups attached to an aromatic ring is 1. The lowest BCUT2D eigenvalue weighted by atomic mass is 10.1. The molecular weight excluding hydrogens is 256 g/mol. The predicted molar refractivity (Wildman–Crippen MR) is 79.4 cm³/mol. The van der Waals surface area contributed by atoms with Crippen molar-refractivity contribution in [1.82, 2.24) is 0 Å². The van der Waals surface area contributed by atoms with Gasteiger partial charge in [-0.25, -0.2) is 4.79 Å². The van der Waals surface area contributed by atoms with Crippen LogP contribution in [0.15, 0.2) is 12.1 Å². The predicted octanol–water partition coefficient (Wildman–Crippen LogP) is 2.28. The SMILES string of the molecule is Cc1cc(N(C)CC2CCCCO2)cc(C(=O)O)c1N. The topological polar surface area (TPSA) is 75.8 Å². The Hall–Kier alpha value is -1.75. The van der Waals surface area contributed by atoms with Gasteiger partial charge >= 0.3 is 5.97 Å². The van der Waals surface area contributed by atoms with Crippen LogP contribution in [-0.4, -0.2) is 37.4 Å². The minimum atomic E-state index is -0.991. The van der Waals surface area contributed by atoms with Gasteiger partial charge in [0.2, 0.25) is 0 Å². The maximum Gasteiger partial charge on any atom is 0.337 e. The minimum absolute atomic E-state index is 0.163. The highest BCUT2D eigenvalue weighted by Crippen LogP contribution is 2.26. The maximum absolute atomic E-state index is 11.2. The molecule has 110 valence electrons. The molecule has 0 saturated carbocycles. The molecule has 1 heterocycles. The van der Waals surface area contributed by atoms with E-state index in [9.17, 15) is 9.90 Å². The summed E-state index contributed by atoms with van der Waals surface area (Å²) in [7, 11) is 1.95. The van der Waals surface area contributed by atoms with Crippen LogP contribution in [0.4, 0.5) is 11.4 Å². The largest absolute Gasteiger partial charge is 0.478 e. The molecule has 0 spiro atoms. The first-order valence-electron chi connectivity index (χ1n) is 6.95. The highest BCUT2D eigenvalue weighted by atomic mass is 16.5. The summed E-state index contributed by atoms with van der Waals surface area (Å²) >= 11 is 0. The van der Waals surface area contributed by atoms with Gasteiger partial charge in [-0.3, -0.25) is 0 Å². The molecule has 1 saturated heterocycles. The molecule has 1 aromatic carbocycles. The first-order valence-corrected chi connectivity index (χ1v) is 6.95. The fourth-order valence-corrected chi connectivity index (χ4v) is 2.54. The van der Waals surface area contributed by atoms with Crippen LogP contribution < -0.4 is 10.6 Å². The van der Waals surface area contributed by atoms with Crippen LogP contribution in [0, 0.1) is 6.92 Å².